The van der Waals surface area contributed by atoms with Gasteiger partial charge in [-0.25, -0.2) is 19.6 Å². The summed E-state index contributed by atoms with van der Waals surface area (Å²) in [6, 6.07) is 23.3. The molecule has 1 aliphatic heterocycles. The van der Waals surface area contributed by atoms with E-state index in [1.54, 1.807) is 59.5 Å². The number of aliphatic carboxylic acids is 4. The van der Waals surface area contributed by atoms with Gasteiger partial charge < -0.3 is 83.4 Å². The van der Waals surface area contributed by atoms with Gasteiger partial charge in [-0.15, -0.1) is 0 Å². The van der Waals surface area contributed by atoms with Gasteiger partial charge in [0.05, 0.1) is 43.8 Å². The van der Waals surface area contributed by atoms with Crippen LogP contribution in [0.15, 0.2) is 114 Å². The van der Waals surface area contributed by atoms with Gasteiger partial charge in [-0.3, -0.25) is 57.8 Å². The molecule has 4 aromatic heterocycles. The molecule has 10 rings (SSSR count). The van der Waals surface area contributed by atoms with Crippen LogP contribution in [0.5, 0.6) is 5.75 Å². The monoisotopic (exact) mass is 1390 g/mol. The number of nitrogens with two attached hydrogens (primary N) is 1. The second-order valence-corrected chi connectivity index (χ2v) is 25.2. The Morgan fingerprint density at radius 1 is 0.646 bits per heavy atom. The topological polar surface area (TPSA) is 509 Å². The zero-order valence-electron chi connectivity index (χ0n) is 51.9. The van der Waals surface area contributed by atoms with Gasteiger partial charge in [0.25, 0.3) is 23.3 Å². The van der Waals surface area contributed by atoms with E-state index in [2.05, 4.69) is 67.1 Å². The molecule has 512 valence electrons. The SMILES string of the molecule is Nc1nc2ncc(CNc3ccc(C(=O)NC(CCC(=O)NC(CNC(=O)CN(CC(=O)O)CC(=O)O)C(=O)NC(CSSCCC(=O)Nc4ccc5[nH]c(C(=O)Nc6ccc7[nH]c(C(=O)N8CCc9c8cc(O)c8ccccc98)cc7c6)cc5c4)C(=O)O)C(=O)O)cc3)nc2c(=O)[nH]1. The molecule has 0 fully saturated rings. The van der Waals surface area contributed by atoms with Gasteiger partial charge in [-0.2, -0.15) is 4.98 Å². The number of fused-ring (bicyclic) bond motifs is 6. The smallest absolute Gasteiger partial charge is 0.327 e. The number of nitrogen functional groups attached to an aromatic ring is 1. The summed E-state index contributed by atoms with van der Waals surface area (Å²) < 4.78 is 0. The summed E-state index contributed by atoms with van der Waals surface area (Å²) in [5, 5.41) is 70.1. The largest absolute Gasteiger partial charge is 0.507 e. The number of carbonyl (C=O) groups is 11. The summed E-state index contributed by atoms with van der Waals surface area (Å²) in [4.78, 5) is 177. The van der Waals surface area contributed by atoms with Gasteiger partial charge in [0, 0.05) is 93.3 Å². The van der Waals surface area contributed by atoms with Crippen LogP contribution in [-0.4, -0.2) is 188 Å². The van der Waals surface area contributed by atoms with Crippen LogP contribution in [0.4, 0.5) is 28.7 Å². The van der Waals surface area contributed by atoms with Crippen LogP contribution >= 0.6 is 21.6 Å². The first-order valence-corrected chi connectivity index (χ1v) is 32.7. The third-order valence-corrected chi connectivity index (χ3v) is 17.9. The van der Waals surface area contributed by atoms with Gasteiger partial charge in [0.1, 0.15) is 35.3 Å². The molecule has 0 spiro atoms. The average molecular weight is 1390 g/mol. The standard InChI is InChI=1S/C64H62N16O17S2/c65-64-77-56-55(60(92)78-64)70-37(25-68-56)24-66-34-7-5-31(6-8-34)57(89)75-43(62(94)95)13-14-50(82)74-46(26-67-52(84)27-79(28-53(85)86)29-54(87)88)59(91)76-47(63(96)97)30-99-98-18-16-51(83)69-35-9-11-41-32(19-35)21-44(72-41)58(90)71-36-10-12-42-33(20-36)22-45(73-42)61(93)80-17-15-39-38-3-1-2-4-40(38)49(81)23-48(39)80/h1-12,19-23,25,43,46-47,66,72-73,81H,13-18,24,26-30H2,(H,67,84)(H,69,83)(H,71,90)(H,74,82)(H,75,89)(H,76,91)(H,85,86)(H,87,88)(H,94,95)(H,96,97)(H3,65,68,77,78,92). The number of benzene rings is 5. The van der Waals surface area contributed by atoms with Crippen molar-refractivity contribution < 1.29 is 78.3 Å². The molecular formula is C64H62N16O17S2. The first-order chi connectivity index (χ1) is 47.4. The zero-order chi connectivity index (χ0) is 70.6. The molecule has 0 aliphatic carbocycles. The van der Waals surface area contributed by atoms with Crippen molar-refractivity contribution in [3.63, 3.8) is 0 Å². The Hall–Kier alpha value is -12.1. The summed E-state index contributed by atoms with van der Waals surface area (Å²) >= 11 is 0. The predicted octanol–water partition coefficient (Wildman–Crippen LogP) is 3.20. The van der Waals surface area contributed by atoms with Gasteiger partial charge in [0.15, 0.2) is 11.2 Å². The lowest BCUT2D eigenvalue weighted by Crippen LogP contribution is -2.57. The molecule has 5 heterocycles. The molecule has 1 aliphatic rings. The van der Waals surface area contributed by atoms with Crippen LogP contribution in [0.1, 0.15) is 61.9 Å². The molecule has 3 atom stereocenters. The van der Waals surface area contributed by atoms with E-state index in [4.69, 9.17) is 5.73 Å². The Morgan fingerprint density at radius 3 is 1.99 bits per heavy atom. The number of aromatic hydroxyl groups is 1. The van der Waals surface area contributed by atoms with Crippen molar-refractivity contribution in [3.8, 4) is 5.75 Å². The van der Waals surface area contributed by atoms with Crippen LogP contribution < -0.4 is 53.4 Å². The minimum Gasteiger partial charge on any atom is -0.507 e. The zero-order valence-corrected chi connectivity index (χ0v) is 53.5. The third kappa shape index (κ3) is 17.9. The number of carboxylic acid groups (broad SMARTS) is 4. The molecule has 33 nitrogen and oxygen atoms in total. The van der Waals surface area contributed by atoms with Gasteiger partial charge in [-0.05, 0) is 96.6 Å². The van der Waals surface area contributed by atoms with E-state index < -0.39 is 122 Å². The van der Waals surface area contributed by atoms with E-state index in [1.807, 2.05) is 24.3 Å². The number of aromatic amines is 3. The molecule has 9 aromatic rings. The minimum atomic E-state index is -1.76. The second kappa shape index (κ2) is 31.2. The fourth-order valence-electron chi connectivity index (χ4n) is 10.7. The lowest BCUT2D eigenvalue weighted by atomic mass is 10.0. The number of hydrogen-bond donors (Lipinski definition) is 16. The van der Waals surface area contributed by atoms with Crippen molar-refractivity contribution in [2.75, 3.05) is 70.8 Å². The van der Waals surface area contributed by atoms with Gasteiger partial charge >= 0.3 is 23.9 Å². The predicted molar refractivity (Wildman–Crippen MR) is 364 cm³/mol. The molecule has 5 aromatic carbocycles. The molecule has 35 heteroatoms. The van der Waals surface area contributed by atoms with E-state index in [9.17, 15) is 83.1 Å². The van der Waals surface area contributed by atoms with Crippen LogP contribution in [0.3, 0.4) is 0 Å². The number of amides is 7. The van der Waals surface area contributed by atoms with Crippen LogP contribution in [0.25, 0.3) is 43.7 Å². The summed E-state index contributed by atoms with van der Waals surface area (Å²) in [6.45, 7) is -2.74. The number of rotatable bonds is 31. The van der Waals surface area contributed by atoms with E-state index in [-0.39, 0.29) is 64.5 Å². The van der Waals surface area contributed by atoms with E-state index >= 15 is 0 Å². The number of nitrogens with one attached hydrogen (secondary N) is 10. The highest BCUT2D eigenvalue weighted by molar-refractivity contribution is 8.76. The normalized spacial score (nSPS) is 12.7. The number of phenolic OH excluding ortho intramolecular Hbond substituents is 1. The van der Waals surface area contributed by atoms with E-state index in [0.717, 1.165) is 42.8 Å². The van der Waals surface area contributed by atoms with Crippen LogP contribution in [0.2, 0.25) is 0 Å². The van der Waals surface area contributed by atoms with Crippen molar-refractivity contribution in [3.05, 3.63) is 148 Å². The average Bonchev–Trinajstić information content (AvgIpc) is 1.65. The molecule has 0 bridgehead atoms. The summed E-state index contributed by atoms with van der Waals surface area (Å²) in [7, 11) is 2.08. The maximum absolute atomic E-state index is 13.8. The maximum atomic E-state index is 13.8. The number of anilines is 5. The van der Waals surface area contributed by atoms with Crippen LogP contribution in [0, 0.1) is 0 Å². The highest BCUT2D eigenvalue weighted by Gasteiger charge is 2.32. The van der Waals surface area contributed by atoms with Crippen molar-refractivity contribution in [1.29, 1.82) is 0 Å². The summed E-state index contributed by atoms with van der Waals surface area (Å²) in [6.07, 6.45) is 0.779. The Labute approximate surface area is 565 Å². The molecule has 0 saturated carbocycles. The van der Waals surface area contributed by atoms with Crippen molar-refractivity contribution >= 4 is 159 Å². The number of carbonyl (C=O) groups excluding carboxylic acids is 7. The Balaban J connectivity index is 0.687. The molecule has 99 heavy (non-hydrogen) atoms. The molecule has 17 N–H and O–H groups in total. The molecule has 7 amide bonds. The Bertz CT molecular complexity index is 4740. The molecule has 0 saturated heterocycles. The number of hydrogen-bond acceptors (Lipinski definition) is 21. The highest BCUT2D eigenvalue weighted by Crippen LogP contribution is 2.40. The third-order valence-electron chi connectivity index (χ3n) is 15.4. The quantitative estimate of drug-likeness (QED) is 0.0219. The summed E-state index contributed by atoms with van der Waals surface area (Å²) in [5.41, 5.74) is 10.2. The number of phenols is 1. The first kappa shape index (κ1) is 69.7. The van der Waals surface area contributed by atoms with Crippen LogP contribution in [-0.2, 0) is 51.3 Å². The lowest BCUT2D eigenvalue weighted by Gasteiger charge is -2.23. The van der Waals surface area contributed by atoms with E-state index in [1.165, 1.54) is 30.5 Å². The molecular weight excluding hydrogens is 1330 g/mol. The maximum Gasteiger partial charge on any atom is 0.327 e. The number of nitrogens with zero attached hydrogens (tertiary/aromatic N) is 5. The fourth-order valence-corrected chi connectivity index (χ4v) is 12.9. The Kier molecular flexibility index (Phi) is 22.0. The number of carboxylic acids is 4. The fraction of sp³-hybridized carbons (Fsp3) is 0.234. The molecule has 3 unspecified atom stereocenters. The minimum absolute atomic E-state index is 0.0226. The summed E-state index contributed by atoms with van der Waals surface area (Å²) in [5.74, 6) is -11.3. The van der Waals surface area contributed by atoms with Gasteiger partial charge in [0.2, 0.25) is 29.6 Å². The van der Waals surface area contributed by atoms with Crippen molar-refractivity contribution in [1.82, 2.24) is 56.1 Å². The second-order valence-electron chi connectivity index (χ2n) is 22.5. The number of aromatic nitrogens is 6. The van der Waals surface area contributed by atoms with Gasteiger partial charge in [-0.1, -0.05) is 45.9 Å². The van der Waals surface area contributed by atoms with Crippen molar-refractivity contribution in [2.24, 2.45) is 0 Å². The number of H-pyrrole nitrogens is 3. The first-order valence-electron chi connectivity index (χ1n) is 30.2. The Morgan fingerprint density at radius 2 is 1.30 bits per heavy atom. The van der Waals surface area contributed by atoms with E-state index in [0.29, 0.717) is 68.9 Å². The molecule has 0 radical (unpaired) electrons. The highest BCUT2D eigenvalue weighted by atomic mass is 33.1. The lowest BCUT2D eigenvalue weighted by molar-refractivity contribution is -0.143. The van der Waals surface area contributed by atoms with Crippen molar-refractivity contribution in [2.45, 2.75) is 50.4 Å².